The monoisotopic (exact) mass is 494 g/mol. The Morgan fingerprint density at radius 1 is 1.34 bits per heavy atom. The highest BCUT2D eigenvalue weighted by Crippen LogP contribution is 2.56. The normalized spacial score (nSPS) is 34.2. The van der Waals surface area contributed by atoms with Crippen molar-refractivity contribution < 1.29 is 4.74 Å². The predicted molar refractivity (Wildman–Crippen MR) is 134 cm³/mol. The minimum absolute atomic E-state index is 0.0272. The smallest absolute Gasteiger partial charge is 0.330 e. The molecular formula is C26H31ClN6O2. The molecule has 0 amide bonds. The van der Waals surface area contributed by atoms with Crippen LogP contribution in [0.3, 0.4) is 0 Å². The van der Waals surface area contributed by atoms with E-state index in [0.717, 1.165) is 57.2 Å². The van der Waals surface area contributed by atoms with Gasteiger partial charge >= 0.3 is 5.69 Å². The third-order valence-electron chi connectivity index (χ3n) is 8.78. The predicted octanol–water partition coefficient (Wildman–Crippen LogP) is 4.57. The Labute approximate surface area is 209 Å². The molecule has 35 heavy (non-hydrogen) atoms. The summed E-state index contributed by atoms with van der Waals surface area (Å²) in [6.45, 7) is 2.92. The molecule has 8 nitrogen and oxygen atoms in total. The van der Waals surface area contributed by atoms with Crippen molar-refractivity contribution in [3.05, 3.63) is 39.6 Å². The van der Waals surface area contributed by atoms with Crippen molar-refractivity contribution in [2.45, 2.75) is 69.9 Å². The molecule has 3 fully saturated rings. The standard InChI is InChI=1S/C26H31ClN6O2/c1-3-16-11-25(15-28)6-4-7-26(12-16,14-25)33-22-20(32(2)24(33)34)13-29-23(31-22)30-19-9-17-5-8-35-21(17)10-18(19)27/h9-10,13,16-17,21H,3-8,11-12,14H2,1-2H3,(H,29,30,31). The molecule has 2 aromatic heterocycles. The number of aromatic nitrogens is 4. The number of imidazole rings is 1. The third-order valence-corrected chi connectivity index (χ3v) is 9.11. The van der Waals surface area contributed by atoms with E-state index in [1.807, 2.05) is 10.6 Å². The average Bonchev–Trinajstić information content (AvgIpc) is 3.40. The maximum absolute atomic E-state index is 13.6. The zero-order valence-electron chi connectivity index (χ0n) is 20.3. The molecule has 2 saturated carbocycles. The number of nitrogens with one attached hydrogen (secondary N) is 1. The van der Waals surface area contributed by atoms with Crippen LogP contribution >= 0.6 is 11.6 Å². The maximum Gasteiger partial charge on any atom is 0.330 e. The molecule has 0 spiro atoms. The summed E-state index contributed by atoms with van der Waals surface area (Å²) >= 11 is 6.54. The summed E-state index contributed by atoms with van der Waals surface area (Å²) in [4.78, 5) is 23.0. The second kappa shape index (κ2) is 8.21. The Morgan fingerprint density at radius 3 is 3.00 bits per heavy atom. The molecule has 3 aliphatic carbocycles. The van der Waals surface area contributed by atoms with Gasteiger partial charge in [0.2, 0.25) is 5.95 Å². The van der Waals surface area contributed by atoms with Gasteiger partial charge in [-0.05, 0) is 56.9 Å². The molecule has 2 aromatic rings. The van der Waals surface area contributed by atoms with Crippen LogP contribution < -0.4 is 11.0 Å². The summed E-state index contributed by atoms with van der Waals surface area (Å²) in [5, 5.41) is 14.0. The first-order valence-corrected chi connectivity index (χ1v) is 13.1. The van der Waals surface area contributed by atoms with Gasteiger partial charge in [0, 0.05) is 19.6 Å². The lowest BCUT2D eigenvalue weighted by molar-refractivity contribution is 0.00987. The SMILES string of the molecule is CCC1CC2(C#N)CCCC(n3c(=O)n(C)c4cnc(NC5=CC6CCOC6C=C5Cl)nc43)(C1)C2. The number of aryl methyl sites for hydroxylation is 1. The molecular weight excluding hydrogens is 464 g/mol. The van der Waals surface area contributed by atoms with Crippen LogP contribution in [0.5, 0.6) is 0 Å². The number of halogens is 1. The molecule has 2 bridgehead atoms. The summed E-state index contributed by atoms with van der Waals surface area (Å²) in [5.74, 6) is 1.11. The molecule has 9 heteroatoms. The van der Waals surface area contributed by atoms with E-state index in [4.69, 9.17) is 21.3 Å². The molecule has 5 atom stereocenters. The van der Waals surface area contributed by atoms with Gasteiger partial charge in [0.25, 0.3) is 0 Å². The Hall–Kier alpha value is -2.63. The molecule has 184 valence electrons. The lowest BCUT2D eigenvalue weighted by Crippen LogP contribution is -2.52. The number of rotatable bonds is 4. The zero-order chi connectivity index (χ0) is 24.4. The van der Waals surface area contributed by atoms with Gasteiger partial charge in [0.05, 0.1) is 40.1 Å². The first-order valence-electron chi connectivity index (χ1n) is 12.7. The summed E-state index contributed by atoms with van der Waals surface area (Å²) in [5.41, 5.74) is 1.25. The number of nitrogens with zero attached hydrogens (tertiary/aromatic N) is 5. The number of fused-ring (bicyclic) bond motifs is 4. The second-order valence-corrected chi connectivity index (χ2v) is 11.3. The van der Waals surface area contributed by atoms with Crippen molar-refractivity contribution >= 4 is 28.7 Å². The highest BCUT2D eigenvalue weighted by Gasteiger charge is 2.53. The van der Waals surface area contributed by atoms with Crippen molar-refractivity contribution in [2.24, 2.45) is 24.3 Å². The van der Waals surface area contributed by atoms with Crippen LogP contribution in [0.4, 0.5) is 5.95 Å². The van der Waals surface area contributed by atoms with Gasteiger partial charge in [-0.3, -0.25) is 9.13 Å². The molecule has 0 aromatic carbocycles. The van der Waals surface area contributed by atoms with E-state index < -0.39 is 5.54 Å². The van der Waals surface area contributed by atoms with E-state index >= 15 is 0 Å². The fourth-order valence-corrected chi connectivity index (χ4v) is 7.35. The Morgan fingerprint density at radius 2 is 2.20 bits per heavy atom. The van der Waals surface area contributed by atoms with Gasteiger partial charge in [0.1, 0.15) is 5.52 Å². The summed E-state index contributed by atoms with van der Waals surface area (Å²) in [6, 6.07) is 2.66. The minimum Gasteiger partial charge on any atom is -0.373 e. The quantitative estimate of drug-likeness (QED) is 0.668. The summed E-state index contributed by atoms with van der Waals surface area (Å²) in [6.07, 6.45) is 13.0. The number of nitriles is 1. The van der Waals surface area contributed by atoms with Crippen LogP contribution in [0.2, 0.25) is 0 Å². The maximum atomic E-state index is 13.6. The van der Waals surface area contributed by atoms with Crippen LogP contribution in [0.15, 0.2) is 33.9 Å². The largest absolute Gasteiger partial charge is 0.373 e. The summed E-state index contributed by atoms with van der Waals surface area (Å²) < 4.78 is 9.26. The summed E-state index contributed by atoms with van der Waals surface area (Å²) in [7, 11) is 1.78. The zero-order valence-corrected chi connectivity index (χ0v) is 21.0. The van der Waals surface area contributed by atoms with E-state index in [1.165, 1.54) is 0 Å². The van der Waals surface area contributed by atoms with Gasteiger partial charge in [-0.25, -0.2) is 9.78 Å². The second-order valence-electron chi connectivity index (χ2n) is 10.9. The molecule has 0 radical (unpaired) electrons. The van der Waals surface area contributed by atoms with E-state index in [9.17, 15) is 10.1 Å². The van der Waals surface area contributed by atoms with Crippen LogP contribution in [0, 0.1) is 28.6 Å². The lowest BCUT2D eigenvalue weighted by Gasteiger charge is -2.52. The van der Waals surface area contributed by atoms with Crippen molar-refractivity contribution in [3.8, 4) is 6.07 Å². The van der Waals surface area contributed by atoms with Gasteiger partial charge in [-0.2, -0.15) is 10.2 Å². The van der Waals surface area contributed by atoms with Crippen LogP contribution in [0.25, 0.3) is 11.2 Å². The van der Waals surface area contributed by atoms with Gasteiger partial charge in [-0.15, -0.1) is 0 Å². The highest BCUT2D eigenvalue weighted by atomic mass is 35.5. The van der Waals surface area contributed by atoms with Crippen LogP contribution in [-0.4, -0.2) is 31.8 Å². The molecule has 6 rings (SSSR count). The molecule has 3 heterocycles. The third kappa shape index (κ3) is 3.54. The first-order chi connectivity index (χ1) is 16.9. The molecule has 1 saturated heterocycles. The fourth-order valence-electron chi connectivity index (χ4n) is 7.11. The van der Waals surface area contributed by atoms with E-state index in [2.05, 4.69) is 29.4 Å². The molecule has 1 aliphatic heterocycles. The number of hydrogen-bond acceptors (Lipinski definition) is 6. The molecule has 5 unspecified atom stereocenters. The molecule has 4 aliphatic rings. The van der Waals surface area contributed by atoms with Crippen molar-refractivity contribution in [1.82, 2.24) is 19.1 Å². The first kappa shape index (κ1) is 22.8. The number of ether oxygens (including phenoxy) is 1. The van der Waals surface area contributed by atoms with Gasteiger partial charge in [-0.1, -0.05) is 31.0 Å². The fraction of sp³-hybridized carbons (Fsp3) is 0.615. The Bertz CT molecular complexity index is 1350. The number of hydrogen-bond donors (Lipinski definition) is 1. The van der Waals surface area contributed by atoms with Crippen molar-refractivity contribution in [2.75, 3.05) is 11.9 Å². The average molecular weight is 495 g/mol. The lowest BCUT2D eigenvalue weighted by atomic mass is 9.55. The van der Waals surface area contributed by atoms with Crippen molar-refractivity contribution in [1.29, 1.82) is 5.26 Å². The van der Waals surface area contributed by atoms with Gasteiger partial charge < -0.3 is 10.1 Å². The Balaban J connectivity index is 1.44. The van der Waals surface area contributed by atoms with Crippen molar-refractivity contribution in [3.63, 3.8) is 0 Å². The highest BCUT2D eigenvalue weighted by molar-refractivity contribution is 6.32. The van der Waals surface area contributed by atoms with E-state index in [1.54, 1.807) is 17.8 Å². The van der Waals surface area contributed by atoms with Crippen LogP contribution in [-0.2, 0) is 17.3 Å². The number of allylic oxidation sites excluding steroid dienone is 1. The van der Waals surface area contributed by atoms with Gasteiger partial charge in [0.15, 0.2) is 5.65 Å². The van der Waals surface area contributed by atoms with E-state index in [-0.39, 0.29) is 23.1 Å². The van der Waals surface area contributed by atoms with E-state index in [0.29, 0.717) is 34.5 Å². The number of anilines is 1. The topological polar surface area (TPSA) is 97.8 Å². The van der Waals surface area contributed by atoms with Crippen LogP contribution in [0.1, 0.15) is 58.3 Å². The Kier molecular flexibility index (Phi) is 5.35. The molecule has 1 N–H and O–H groups in total. The minimum atomic E-state index is -0.398.